The summed E-state index contributed by atoms with van der Waals surface area (Å²) in [4.78, 5) is 11.5. The molecule has 17 heavy (non-hydrogen) atoms. The SMILES string of the molecule is CCCCCCNC(=O)C=Cc1ccccc1. The maximum absolute atomic E-state index is 11.5. The van der Waals surface area contributed by atoms with Gasteiger partial charge in [0.05, 0.1) is 0 Å². The monoisotopic (exact) mass is 231 g/mol. The largest absolute Gasteiger partial charge is 0.353 e. The standard InChI is InChI=1S/C15H21NO/c1-2-3-4-8-13-16-15(17)12-11-14-9-6-5-7-10-14/h5-7,9-12H,2-4,8,13H2,1H3,(H,16,17). The van der Waals surface area contributed by atoms with Gasteiger partial charge in [-0.2, -0.15) is 0 Å². The lowest BCUT2D eigenvalue weighted by Crippen LogP contribution is -2.21. The van der Waals surface area contributed by atoms with E-state index in [-0.39, 0.29) is 5.91 Å². The maximum Gasteiger partial charge on any atom is 0.243 e. The van der Waals surface area contributed by atoms with Crippen molar-refractivity contribution in [3.05, 3.63) is 42.0 Å². The molecule has 0 saturated heterocycles. The normalized spacial score (nSPS) is 10.6. The van der Waals surface area contributed by atoms with Crippen molar-refractivity contribution >= 4 is 12.0 Å². The number of nitrogens with one attached hydrogen (secondary N) is 1. The van der Waals surface area contributed by atoms with Crippen molar-refractivity contribution in [3.63, 3.8) is 0 Å². The molecule has 0 saturated carbocycles. The first-order chi connectivity index (χ1) is 8.33. The molecule has 1 aromatic rings. The van der Waals surface area contributed by atoms with Crippen molar-refractivity contribution in [2.45, 2.75) is 32.6 Å². The lowest BCUT2D eigenvalue weighted by atomic mass is 10.2. The Morgan fingerprint density at radius 2 is 1.94 bits per heavy atom. The second-order valence-corrected chi connectivity index (χ2v) is 4.10. The summed E-state index contributed by atoms with van der Waals surface area (Å²) in [5, 5.41) is 2.89. The number of hydrogen-bond donors (Lipinski definition) is 1. The van der Waals surface area contributed by atoms with Crippen LogP contribution in [0.15, 0.2) is 36.4 Å². The van der Waals surface area contributed by atoms with Gasteiger partial charge in [0.2, 0.25) is 5.91 Å². The van der Waals surface area contributed by atoms with Crippen molar-refractivity contribution in [1.29, 1.82) is 0 Å². The summed E-state index contributed by atoms with van der Waals surface area (Å²) in [6, 6.07) is 9.84. The molecule has 1 N–H and O–H groups in total. The van der Waals surface area contributed by atoms with Gasteiger partial charge in [-0.05, 0) is 18.1 Å². The van der Waals surface area contributed by atoms with Crippen molar-refractivity contribution < 1.29 is 4.79 Å². The fourth-order valence-corrected chi connectivity index (χ4v) is 1.56. The molecule has 0 fully saturated rings. The Balaban J connectivity index is 2.19. The van der Waals surface area contributed by atoms with Crippen LogP contribution in [0.1, 0.15) is 38.2 Å². The van der Waals surface area contributed by atoms with Crippen molar-refractivity contribution in [2.24, 2.45) is 0 Å². The molecule has 92 valence electrons. The zero-order valence-corrected chi connectivity index (χ0v) is 10.5. The summed E-state index contributed by atoms with van der Waals surface area (Å²) >= 11 is 0. The zero-order valence-electron chi connectivity index (χ0n) is 10.5. The van der Waals surface area contributed by atoms with Crippen LogP contribution in [0, 0.1) is 0 Å². The molecule has 0 aliphatic rings. The third kappa shape index (κ3) is 6.56. The van der Waals surface area contributed by atoms with Crippen molar-refractivity contribution in [3.8, 4) is 0 Å². The van der Waals surface area contributed by atoms with Crippen LogP contribution in [0.25, 0.3) is 6.08 Å². The molecule has 0 aromatic heterocycles. The Hall–Kier alpha value is -1.57. The Morgan fingerprint density at radius 1 is 1.18 bits per heavy atom. The molecule has 0 aliphatic heterocycles. The van der Waals surface area contributed by atoms with Gasteiger partial charge in [-0.3, -0.25) is 4.79 Å². The van der Waals surface area contributed by atoms with E-state index >= 15 is 0 Å². The van der Waals surface area contributed by atoms with Crippen LogP contribution in [0.5, 0.6) is 0 Å². The van der Waals surface area contributed by atoms with Crippen LogP contribution in [0.4, 0.5) is 0 Å². The van der Waals surface area contributed by atoms with Gasteiger partial charge in [0.25, 0.3) is 0 Å². The van der Waals surface area contributed by atoms with Crippen LogP contribution in [-0.4, -0.2) is 12.5 Å². The molecule has 0 aliphatic carbocycles. The van der Waals surface area contributed by atoms with Gasteiger partial charge < -0.3 is 5.32 Å². The average molecular weight is 231 g/mol. The molecular weight excluding hydrogens is 210 g/mol. The zero-order chi connectivity index (χ0) is 12.3. The summed E-state index contributed by atoms with van der Waals surface area (Å²) < 4.78 is 0. The number of carbonyl (C=O) groups excluding carboxylic acids is 1. The molecular formula is C15H21NO. The molecule has 1 amide bonds. The summed E-state index contributed by atoms with van der Waals surface area (Å²) in [5.41, 5.74) is 1.05. The number of carbonyl (C=O) groups is 1. The highest BCUT2D eigenvalue weighted by molar-refractivity contribution is 5.91. The Kier molecular flexibility index (Phi) is 6.80. The highest BCUT2D eigenvalue weighted by Crippen LogP contribution is 2.00. The molecule has 0 bridgehead atoms. The smallest absolute Gasteiger partial charge is 0.243 e. The minimum atomic E-state index is -0.00893. The Bertz CT molecular complexity index is 343. The molecule has 0 spiro atoms. The molecule has 2 nitrogen and oxygen atoms in total. The lowest BCUT2D eigenvalue weighted by molar-refractivity contribution is -0.116. The minimum absolute atomic E-state index is 0.00893. The maximum atomic E-state index is 11.5. The van der Waals surface area contributed by atoms with E-state index in [0.717, 1.165) is 18.5 Å². The van der Waals surface area contributed by atoms with E-state index in [2.05, 4.69) is 12.2 Å². The van der Waals surface area contributed by atoms with Crippen molar-refractivity contribution in [2.75, 3.05) is 6.54 Å². The topological polar surface area (TPSA) is 29.1 Å². The van der Waals surface area contributed by atoms with E-state index < -0.39 is 0 Å². The van der Waals surface area contributed by atoms with Crippen LogP contribution >= 0.6 is 0 Å². The number of benzene rings is 1. The van der Waals surface area contributed by atoms with Gasteiger partial charge >= 0.3 is 0 Å². The minimum Gasteiger partial charge on any atom is -0.353 e. The third-order valence-electron chi connectivity index (χ3n) is 2.56. The van der Waals surface area contributed by atoms with Gasteiger partial charge in [-0.15, -0.1) is 0 Å². The molecule has 0 radical (unpaired) electrons. The molecule has 0 atom stereocenters. The van der Waals surface area contributed by atoms with Gasteiger partial charge in [0, 0.05) is 12.6 Å². The second-order valence-electron chi connectivity index (χ2n) is 4.10. The molecule has 1 aromatic carbocycles. The number of amides is 1. The summed E-state index contributed by atoms with van der Waals surface area (Å²) in [7, 11) is 0. The van der Waals surface area contributed by atoms with Gasteiger partial charge in [-0.25, -0.2) is 0 Å². The number of hydrogen-bond acceptors (Lipinski definition) is 1. The van der Waals surface area contributed by atoms with Crippen molar-refractivity contribution in [1.82, 2.24) is 5.32 Å². The second kappa shape index (κ2) is 8.57. The van der Waals surface area contributed by atoms with E-state index in [4.69, 9.17) is 0 Å². The highest BCUT2D eigenvalue weighted by atomic mass is 16.1. The molecule has 2 heteroatoms. The summed E-state index contributed by atoms with van der Waals surface area (Å²) in [5.74, 6) is -0.00893. The fourth-order valence-electron chi connectivity index (χ4n) is 1.56. The third-order valence-corrected chi connectivity index (χ3v) is 2.56. The first-order valence-electron chi connectivity index (χ1n) is 6.34. The van der Waals surface area contributed by atoms with E-state index in [1.807, 2.05) is 36.4 Å². The van der Waals surface area contributed by atoms with E-state index in [0.29, 0.717) is 0 Å². The first-order valence-corrected chi connectivity index (χ1v) is 6.34. The number of rotatable bonds is 7. The van der Waals surface area contributed by atoms with Crippen LogP contribution in [0.2, 0.25) is 0 Å². The first kappa shape index (κ1) is 13.5. The summed E-state index contributed by atoms with van der Waals surface area (Å²) in [6.07, 6.45) is 8.16. The van der Waals surface area contributed by atoms with Crippen LogP contribution in [-0.2, 0) is 4.79 Å². The molecule has 1 rings (SSSR count). The lowest BCUT2D eigenvalue weighted by Gasteiger charge is -2.01. The summed E-state index contributed by atoms with van der Waals surface area (Å²) in [6.45, 7) is 2.96. The van der Waals surface area contributed by atoms with Gasteiger partial charge in [-0.1, -0.05) is 56.5 Å². The molecule has 0 unspecified atom stereocenters. The van der Waals surface area contributed by atoms with E-state index in [1.54, 1.807) is 6.08 Å². The van der Waals surface area contributed by atoms with Crippen LogP contribution < -0.4 is 5.32 Å². The van der Waals surface area contributed by atoms with Gasteiger partial charge in [0.1, 0.15) is 0 Å². The predicted molar refractivity (Wildman–Crippen MR) is 72.6 cm³/mol. The van der Waals surface area contributed by atoms with Crippen LogP contribution in [0.3, 0.4) is 0 Å². The van der Waals surface area contributed by atoms with E-state index in [9.17, 15) is 4.79 Å². The molecule has 0 heterocycles. The van der Waals surface area contributed by atoms with Gasteiger partial charge in [0.15, 0.2) is 0 Å². The van der Waals surface area contributed by atoms with E-state index in [1.165, 1.54) is 19.3 Å². The Morgan fingerprint density at radius 3 is 2.65 bits per heavy atom. The quantitative estimate of drug-likeness (QED) is 0.565. The predicted octanol–water partition coefficient (Wildman–Crippen LogP) is 3.40. The number of unbranched alkanes of at least 4 members (excludes halogenated alkanes) is 3. The Labute approximate surface area is 104 Å². The fraction of sp³-hybridized carbons (Fsp3) is 0.400. The average Bonchev–Trinajstić information content (AvgIpc) is 2.37. The highest BCUT2D eigenvalue weighted by Gasteiger charge is 1.94.